The van der Waals surface area contributed by atoms with Gasteiger partial charge >= 0.3 is 0 Å². The minimum atomic E-state index is -1.73. The van der Waals surface area contributed by atoms with E-state index >= 15 is 0 Å². The summed E-state index contributed by atoms with van der Waals surface area (Å²) in [7, 11) is -1.73. The van der Waals surface area contributed by atoms with Crippen LogP contribution in [-0.2, 0) is 9.22 Å². The number of hydrogen-bond acceptors (Lipinski definition) is 2. The van der Waals surface area contributed by atoms with Crippen molar-refractivity contribution in [3.63, 3.8) is 0 Å². The van der Waals surface area contributed by atoms with Gasteiger partial charge in [0.25, 0.3) is 0 Å². The Hall–Kier alpha value is -0.413. The average Bonchev–Trinajstić information content (AvgIpc) is 2.51. The SMILES string of the molecule is CC(C)C1=C[C@@](C)(CO[Si](C)(C)C(C)(C)C)CC1=O. The van der Waals surface area contributed by atoms with Crippen molar-refractivity contribution in [1.82, 2.24) is 0 Å². The Balaban J connectivity index is 2.77. The van der Waals surface area contributed by atoms with Crippen molar-refractivity contribution in [2.75, 3.05) is 6.61 Å². The van der Waals surface area contributed by atoms with Gasteiger partial charge in [-0.15, -0.1) is 0 Å². The van der Waals surface area contributed by atoms with E-state index in [4.69, 9.17) is 4.43 Å². The summed E-state index contributed by atoms with van der Waals surface area (Å²) in [6.45, 7) is 18.3. The minimum Gasteiger partial charge on any atom is -0.416 e. The van der Waals surface area contributed by atoms with Crippen molar-refractivity contribution in [1.29, 1.82) is 0 Å². The number of ketones is 1. The summed E-state index contributed by atoms with van der Waals surface area (Å²) in [6.07, 6.45) is 2.77. The van der Waals surface area contributed by atoms with Gasteiger partial charge in [0.1, 0.15) is 0 Å². The van der Waals surface area contributed by atoms with Crippen LogP contribution in [0.2, 0.25) is 18.1 Å². The van der Waals surface area contributed by atoms with Crippen molar-refractivity contribution >= 4 is 14.1 Å². The Labute approximate surface area is 119 Å². The zero-order chi connectivity index (χ0) is 15.1. The van der Waals surface area contributed by atoms with E-state index < -0.39 is 8.32 Å². The molecule has 1 aliphatic carbocycles. The lowest BCUT2D eigenvalue weighted by Crippen LogP contribution is -2.43. The molecule has 0 aromatic carbocycles. The Morgan fingerprint density at radius 2 is 1.89 bits per heavy atom. The van der Waals surface area contributed by atoms with Gasteiger partial charge in [-0.1, -0.05) is 47.6 Å². The van der Waals surface area contributed by atoms with Gasteiger partial charge in [0.2, 0.25) is 0 Å². The van der Waals surface area contributed by atoms with Crippen LogP contribution in [0.1, 0.15) is 48.0 Å². The second-order valence-electron chi connectivity index (χ2n) is 8.06. The van der Waals surface area contributed by atoms with E-state index in [9.17, 15) is 4.79 Å². The molecule has 0 spiro atoms. The maximum Gasteiger partial charge on any atom is 0.192 e. The van der Waals surface area contributed by atoms with Crippen molar-refractivity contribution in [2.24, 2.45) is 11.3 Å². The molecule has 1 rings (SSSR count). The fourth-order valence-corrected chi connectivity index (χ4v) is 3.24. The van der Waals surface area contributed by atoms with Crippen molar-refractivity contribution in [2.45, 2.75) is 66.1 Å². The summed E-state index contributed by atoms with van der Waals surface area (Å²) in [4.78, 5) is 12.0. The molecule has 0 aromatic rings. The third kappa shape index (κ3) is 3.79. The van der Waals surface area contributed by atoms with Crippen LogP contribution in [0.25, 0.3) is 0 Å². The number of allylic oxidation sites excluding steroid dienone is 1. The van der Waals surface area contributed by atoms with Crippen LogP contribution < -0.4 is 0 Å². The van der Waals surface area contributed by atoms with Gasteiger partial charge in [0, 0.05) is 18.4 Å². The lowest BCUT2D eigenvalue weighted by atomic mass is 9.91. The van der Waals surface area contributed by atoms with Crippen molar-refractivity contribution in [3.8, 4) is 0 Å². The van der Waals surface area contributed by atoms with Crippen LogP contribution in [0.5, 0.6) is 0 Å². The number of Topliss-reactive ketones (excluding diaryl/α,β-unsaturated/α-hetero) is 1. The van der Waals surface area contributed by atoms with Gasteiger partial charge in [-0.2, -0.15) is 0 Å². The maximum atomic E-state index is 12.0. The normalized spacial score (nSPS) is 25.1. The molecule has 0 fully saturated rings. The van der Waals surface area contributed by atoms with E-state index in [1.165, 1.54) is 0 Å². The molecule has 3 heteroatoms. The molecule has 0 bridgehead atoms. The number of rotatable bonds is 4. The molecular formula is C16H30O2Si. The molecule has 2 nitrogen and oxygen atoms in total. The molecule has 0 aliphatic heterocycles. The molecule has 1 atom stereocenters. The summed E-state index contributed by atoms with van der Waals surface area (Å²) in [5.41, 5.74) is 0.882. The molecule has 0 aromatic heterocycles. The predicted octanol–water partition coefficient (Wildman–Crippen LogP) is 4.57. The molecule has 0 saturated carbocycles. The highest BCUT2D eigenvalue weighted by Gasteiger charge is 2.41. The zero-order valence-corrected chi connectivity index (χ0v) is 14.9. The Bertz CT molecular complexity index is 388. The summed E-state index contributed by atoms with van der Waals surface area (Å²) in [5.74, 6) is 0.624. The summed E-state index contributed by atoms with van der Waals surface area (Å²) in [6, 6.07) is 0. The number of hydrogen-bond donors (Lipinski definition) is 0. The lowest BCUT2D eigenvalue weighted by Gasteiger charge is -2.38. The standard InChI is InChI=1S/C16H30O2Si/c1-12(2)13-9-16(6,10-14(13)17)11-18-19(7,8)15(3,4)5/h9,12H,10-11H2,1-8H3/t16-/m1/s1. The second kappa shape index (κ2) is 5.17. The average molecular weight is 282 g/mol. The predicted molar refractivity (Wildman–Crippen MR) is 83.8 cm³/mol. The van der Waals surface area contributed by atoms with Crippen molar-refractivity contribution < 1.29 is 9.22 Å². The fraction of sp³-hybridized carbons (Fsp3) is 0.812. The van der Waals surface area contributed by atoms with Crippen LogP contribution in [-0.4, -0.2) is 20.7 Å². The first-order valence-electron chi connectivity index (χ1n) is 7.28. The zero-order valence-electron chi connectivity index (χ0n) is 13.9. The molecule has 0 heterocycles. The van der Waals surface area contributed by atoms with Crippen molar-refractivity contribution in [3.05, 3.63) is 11.6 Å². The van der Waals surface area contributed by atoms with Crippen LogP contribution in [0.3, 0.4) is 0 Å². The van der Waals surface area contributed by atoms with Crippen LogP contribution in [0, 0.1) is 11.3 Å². The fourth-order valence-electron chi connectivity index (χ4n) is 2.12. The Kier molecular flexibility index (Phi) is 4.53. The Morgan fingerprint density at radius 3 is 2.26 bits per heavy atom. The second-order valence-corrected chi connectivity index (χ2v) is 12.9. The number of carbonyl (C=O) groups excluding carboxylic acids is 1. The molecule has 110 valence electrons. The van der Waals surface area contributed by atoms with Gasteiger partial charge in [-0.25, -0.2) is 0 Å². The maximum absolute atomic E-state index is 12.0. The summed E-state index contributed by atoms with van der Waals surface area (Å²) >= 11 is 0. The first-order valence-corrected chi connectivity index (χ1v) is 10.2. The van der Waals surface area contributed by atoms with Gasteiger partial charge in [0.15, 0.2) is 14.1 Å². The smallest absolute Gasteiger partial charge is 0.192 e. The molecule has 19 heavy (non-hydrogen) atoms. The Morgan fingerprint density at radius 1 is 1.37 bits per heavy atom. The largest absolute Gasteiger partial charge is 0.416 e. The third-order valence-corrected chi connectivity index (χ3v) is 9.06. The number of carbonyl (C=O) groups is 1. The van der Waals surface area contributed by atoms with E-state index in [0.717, 1.165) is 5.57 Å². The third-order valence-electron chi connectivity index (χ3n) is 4.58. The highest BCUT2D eigenvalue weighted by Crippen LogP contribution is 2.41. The van der Waals surface area contributed by atoms with Gasteiger partial charge in [0.05, 0.1) is 0 Å². The summed E-state index contributed by atoms with van der Waals surface area (Å²) < 4.78 is 6.30. The monoisotopic (exact) mass is 282 g/mol. The van der Waals surface area contributed by atoms with E-state index in [-0.39, 0.29) is 10.5 Å². The topological polar surface area (TPSA) is 26.3 Å². The van der Waals surface area contributed by atoms with E-state index in [2.05, 4.69) is 60.7 Å². The van der Waals surface area contributed by atoms with E-state index in [1.54, 1.807) is 0 Å². The highest BCUT2D eigenvalue weighted by atomic mass is 28.4. The summed E-state index contributed by atoms with van der Waals surface area (Å²) in [5, 5.41) is 0.219. The minimum absolute atomic E-state index is 0.105. The van der Waals surface area contributed by atoms with E-state index in [1.807, 2.05) is 0 Å². The highest BCUT2D eigenvalue weighted by molar-refractivity contribution is 6.74. The van der Waals surface area contributed by atoms with Crippen LogP contribution >= 0.6 is 0 Å². The van der Waals surface area contributed by atoms with Gasteiger partial charge < -0.3 is 4.43 Å². The molecule has 0 amide bonds. The molecule has 0 unspecified atom stereocenters. The molecular weight excluding hydrogens is 252 g/mol. The molecule has 1 aliphatic rings. The molecule has 0 radical (unpaired) electrons. The van der Waals surface area contributed by atoms with Crippen LogP contribution in [0.4, 0.5) is 0 Å². The van der Waals surface area contributed by atoms with Crippen LogP contribution in [0.15, 0.2) is 11.6 Å². The quantitative estimate of drug-likeness (QED) is 0.706. The lowest BCUT2D eigenvalue weighted by molar-refractivity contribution is -0.116. The first kappa shape index (κ1) is 16.6. The molecule has 0 N–H and O–H groups in total. The van der Waals surface area contributed by atoms with Gasteiger partial charge in [-0.3, -0.25) is 4.79 Å². The molecule has 0 saturated heterocycles. The first-order chi connectivity index (χ1) is 8.38. The van der Waals surface area contributed by atoms with Gasteiger partial charge in [-0.05, 0) is 29.6 Å². The van der Waals surface area contributed by atoms with E-state index in [0.29, 0.717) is 24.7 Å².